The van der Waals surface area contributed by atoms with E-state index >= 15 is 0 Å². The van der Waals surface area contributed by atoms with Gasteiger partial charge in [-0.05, 0) is 24.6 Å². The van der Waals surface area contributed by atoms with Crippen molar-refractivity contribution in [1.82, 2.24) is 9.13 Å². The molecule has 19 heavy (non-hydrogen) atoms. The molecule has 0 amide bonds. The summed E-state index contributed by atoms with van der Waals surface area (Å²) >= 11 is 5.89. The zero-order chi connectivity index (χ0) is 13.8. The van der Waals surface area contributed by atoms with Crippen molar-refractivity contribution < 1.29 is 0 Å². The summed E-state index contributed by atoms with van der Waals surface area (Å²) < 4.78 is 2.77. The van der Waals surface area contributed by atoms with E-state index in [-0.39, 0.29) is 0 Å². The lowest BCUT2D eigenvalue weighted by atomic mass is 10.3. The summed E-state index contributed by atoms with van der Waals surface area (Å²) in [6, 6.07) is 6.85. The van der Waals surface area contributed by atoms with E-state index < -0.39 is 11.1 Å². The number of rotatable bonds is 4. The van der Waals surface area contributed by atoms with E-state index in [0.717, 1.165) is 12.8 Å². The van der Waals surface area contributed by atoms with Gasteiger partial charge >= 0.3 is 11.1 Å². The Morgan fingerprint density at radius 3 is 2.63 bits per heavy atom. The summed E-state index contributed by atoms with van der Waals surface area (Å²) in [5.41, 5.74) is -0.464. The molecule has 5 heteroatoms. The lowest BCUT2D eigenvalue weighted by Crippen LogP contribution is -2.39. The van der Waals surface area contributed by atoms with Crippen LogP contribution in [-0.2, 0) is 6.54 Å². The van der Waals surface area contributed by atoms with Gasteiger partial charge in [-0.15, -0.1) is 0 Å². The highest BCUT2D eigenvalue weighted by molar-refractivity contribution is 6.30. The van der Waals surface area contributed by atoms with Crippen LogP contribution in [0.3, 0.4) is 0 Å². The molecule has 0 bridgehead atoms. The van der Waals surface area contributed by atoms with Gasteiger partial charge in [0, 0.05) is 24.0 Å². The molecule has 0 spiro atoms. The summed E-state index contributed by atoms with van der Waals surface area (Å²) in [5.74, 6) is 0. The van der Waals surface area contributed by atoms with E-state index in [1.54, 1.807) is 36.7 Å². The Hall–Kier alpha value is -1.81. The Morgan fingerprint density at radius 1 is 1.16 bits per heavy atom. The largest absolute Gasteiger partial charge is 0.320 e. The van der Waals surface area contributed by atoms with Crippen LogP contribution < -0.4 is 11.1 Å². The van der Waals surface area contributed by atoms with E-state index in [0.29, 0.717) is 17.3 Å². The van der Waals surface area contributed by atoms with Gasteiger partial charge in [-0.25, -0.2) is 0 Å². The normalized spacial score (nSPS) is 10.6. The molecule has 1 aromatic carbocycles. The second-order valence-corrected chi connectivity index (χ2v) is 4.74. The molecule has 2 rings (SSSR count). The Balaban J connectivity index is 2.47. The average molecular weight is 279 g/mol. The minimum absolute atomic E-state index is 0.504. The van der Waals surface area contributed by atoms with Crippen molar-refractivity contribution >= 4 is 11.6 Å². The van der Waals surface area contributed by atoms with Crippen LogP contribution >= 0.6 is 11.6 Å². The molecule has 1 heterocycles. The zero-order valence-electron chi connectivity index (χ0n) is 10.7. The third-order valence-electron chi connectivity index (χ3n) is 2.90. The van der Waals surface area contributed by atoms with Gasteiger partial charge in [-0.1, -0.05) is 31.0 Å². The highest BCUT2D eigenvalue weighted by Crippen LogP contribution is 2.12. The second kappa shape index (κ2) is 5.89. The molecule has 0 fully saturated rings. The van der Waals surface area contributed by atoms with Gasteiger partial charge in [0.05, 0.1) is 5.69 Å². The molecule has 0 aliphatic rings. The van der Waals surface area contributed by atoms with Crippen LogP contribution in [0.25, 0.3) is 5.69 Å². The molecule has 100 valence electrons. The SMILES string of the molecule is CCCCn1ccn(-c2cccc(Cl)c2)c(=O)c1=O. The van der Waals surface area contributed by atoms with E-state index in [1.165, 1.54) is 9.13 Å². The van der Waals surface area contributed by atoms with Crippen molar-refractivity contribution in [3.8, 4) is 5.69 Å². The molecule has 0 unspecified atom stereocenters. The van der Waals surface area contributed by atoms with Gasteiger partial charge in [0.1, 0.15) is 0 Å². The summed E-state index contributed by atoms with van der Waals surface area (Å²) in [5, 5.41) is 0.527. The Kier molecular flexibility index (Phi) is 4.22. The van der Waals surface area contributed by atoms with Crippen LogP contribution in [0, 0.1) is 0 Å². The maximum Gasteiger partial charge on any atom is 0.320 e. The fraction of sp³-hybridized carbons (Fsp3) is 0.286. The first-order valence-corrected chi connectivity index (χ1v) is 6.59. The first-order chi connectivity index (χ1) is 9.13. The molecular formula is C14H15ClN2O2. The highest BCUT2D eigenvalue weighted by atomic mass is 35.5. The van der Waals surface area contributed by atoms with E-state index in [9.17, 15) is 9.59 Å². The smallest absolute Gasteiger partial charge is 0.309 e. The van der Waals surface area contributed by atoms with Gasteiger partial charge in [0.15, 0.2) is 0 Å². The number of unbranched alkanes of at least 4 members (excludes halogenated alkanes) is 1. The van der Waals surface area contributed by atoms with Gasteiger partial charge in [0.2, 0.25) is 0 Å². The van der Waals surface area contributed by atoms with Crippen LogP contribution in [0.1, 0.15) is 19.8 Å². The predicted octanol–water partition coefficient (Wildman–Crippen LogP) is 2.45. The molecule has 0 radical (unpaired) electrons. The molecular weight excluding hydrogens is 264 g/mol. The summed E-state index contributed by atoms with van der Waals surface area (Å²) in [7, 11) is 0. The number of halogens is 1. The van der Waals surface area contributed by atoms with Crippen LogP contribution in [0.2, 0.25) is 5.02 Å². The fourth-order valence-electron chi connectivity index (χ4n) is 1.84. The van der Waals surface area contributed by atoms with Gasteiger partial charge < -0.3 is 4.57 Å². The number of hydrogen-bond donors (Lipinski definition) is 0. The van der Waals surface area contributed by atoms with E-state index in [4.69, 9.17) is 11.6 Å². The number of nitrogens with zero attached hydrogens (tertiary/aromatic N) is 2. The average Bonchev–Trinajstić information content (AvgIpc) is 2.40. The minimum Gasteiger partial charge on any atom is -0.309 e. The van der Waals surface area contributed by atoms with Crippen molar-refractivity contribution in [3.05, 3.63) is 62.4 Å². The summed E-state index contributed by atoms with van der Waals surface area (Å²) in [6.45, 7) is 2.61. The van der Waals surface area contributed by atoms with E-state index in [1.807, 2.05) is 6.92 Å². The van der Waals surface area contributed by atoms with E-state index in [2.05, 4.69) is 0 Å². The molecule has 4 nitrogen and oxygen atoms in total. The predicted molar refractivity (Wildman–Crippen MR) is 76.2 cm³/mol. The molecule has 0 aliphatic carbocycles. The topological polar surface area (TPSA) is 44.0 Å². The van der Waals surface area contributed by atoms with Crippen molar-refractivity contribution in [2.45, 2.75) is 26.3 Å². The lowest BCUT2D eigenvalue weighted by molar-refractivity contribution is 0.599. The Bertz CT molecular complexity index is 688. The standard InChI is InChI=1S/C14H15ClN2O2/c1-2-3-7-16-8-9-17(14(19)13(16)18)12-6-4-5-11(15)10-12/h4-6,8-10H,2-3,7H2,1H3. The molecule has 0 aliphatic heterocycles. The maximum absolute atomic E-state index is 12.1. The van der Waals surface area contributed by atoms with Gasteiger partial charge in [-0.2, -0.15) is 0 Å². The molecule has 1 aromatic heterocycles. The number of benzene rings is 1. The number of aryl methyl sites for hydroxylation is 1. The maximum atomic E-state index is 12.1. The van der Waals surface area contributed by atoms with Gasteiger partial charge in [0.25, 0.3) is 0 Å². The van der Waals surface area contributed by atoms with Crippen LogP contribution in [0.15, 0.2) is 46.2 Å². The monoisotopic (exact) mass is 278 g/mol. The third-order valence-corrected chi connectivity index (χ3v) is 3.13. The Morgan fingerprint density at radius 2 is 1.95 bits per heavy atom. The lowest BCUT2D eigenvalue weighted by Gasteiger charge is -2.08. The Labute approximate surface area is 115 Å². The second-order valence-electron chi connectivity index (χ2n) is 4.31. The van der Waals surface area contributed by atoms with Crippen molar-refractivity contribution in [3.63, 3.8) is 0 Å². The van der Waals surface area contributed by atoms with Crippen molar-refractivity contribution in [1.29, 1.82) is 0 Å². The van der Waals surface area contributed by atoms with Crippen LogP contribution in [-0.4, -0.2) is 9.13 Å². The molecule has 0 saturated heterocycles. The highest BCUT2D eigenvalue weighted by Gasteiger charge is 2.06. The third kappa shape index (κ3) is 2.96. The molecule has 0 saturated carbocycles. The number of aromatic nitrogens is 2. The van der Waals surface area contributed by atoms with Crippen molar-refractivity contribution in [2.24, 2.45) is 0 Å². The zero-order valence-corrected chi connectivity index (χ0v) is 11.4. The van der Waals surface area contributed by atoms with Gasteiger partial charge in [-0.3, -0.25) is 14.2 Å². The molecule has 0 atom stereocenters. The summed E-state index contributed by atoms with van der Waals surface area (Å²) in [4.78, 5) is 24.0. The van der Waals surface area contributed by atoms with Crippen LogP contribution in [0.4, 0.5) is 0 Å². The number of hydrogen-bond acceptors (Lipinski definition) is 2. The molecule has 2 aromatic rings. The fourth-order valence-corrected chi connectivity index (χ4v) is 2.03. The summed E-state index contributed by atoms with van der Waals surface area (Å²) in [6.07, 6.45) is 5.09. The van der Waals surface area contributed by atoms with Crippen LogP contribution in [0.5, 0.6) is 0 Å². The quantitative estimate of drug-likeness (QED) is 0.807. The first-order valence-electron chi connectivity index (χ1n) is 6.21. The molecule has 0 N–H and O–H groups in total. The first kappa shape index (κ1) is 13.6. The minimum atomic E-state index is -0.555. The van der Waals surface area contributed by atoms with Crippen molar-refractivity contribution in [2.75, 3.05) is 0 Å².